The van der Waals surface area contributed by atoms with Crippen molar-refractivity contribution in [2.45, 2.75) is 32.3 Å². The van der Waals surface area contributed by atoms with Crippen molar-refractivity contribution in [3.8, 4) is 0 Å². The first kappa shape index (κ1) is 24.3. The van der Waals surface area contributed by atoms with E-state index in [-0.39, 0.29) is 30.5 Å². The van der Waals surface area contributed by atoms with E-state index >= 15 is 0 Å². The highest BCUT2D eigenvalue weighted by molar-refractivity contribution is 14.0. The molecular weight excluding hydrogens is 467 g/mol. The highest BCUT2D eigenvalue weighted by Crippen LogP contribution is 2.21. The predicted octanol–water partition coefficient (Wildman–Crippen LogP) is 3.36. The minimum absolute atomic E-state index is 0. The normalized spacial score (nSPS) is 13.4. The Morgan fingerprint density at radius 1 is 1.18 bits per heavy atom. The van der Waals surface area contributed by atoms with E-state index in [0.29, 0.717) is 11.7 Å². The molecule has 0 aliphatic carbocycles. The number of guanidine groups is 1. The Labute approximate surface area is 185 Å². The molecule has 7 heteroatoms. The molecule has 0 aliphatic heterocycles. The van der Waals surface area contributed by atoms with Crippen LogP contribution in [0.5, 0.6) is 0 Å². The Hall–Kier alpha value is -1.74. The van der Waals surface area contributed by atoms with Crippen LogP contribution in [0.2, 0.25) is 0 Å². The summed E-state index contributed by atoms with van der Waals surface area (Å²) in [6.45, 7) is 5.52. The minimum Gasteiger partial charge on any atom is -0.466 e. The Morgan fingerprint density at radius 2 is 1.89 bits per heavy atom. The number of furan rings is 1. The van der Waals surface area contributed by atoms with Gasteiger partial charge in [0, 0.05) is 32.9 Å². The van der Waals surface area contributed by atoms with E-state index in [1.807, 2.05) is 21.0 Å². The van der Waals surface area contributed by atoms with Gasteiger partial charge in [-0.1, -0.05) is 12.1 Å². The van der Waals surface area contributed by atoms with Crippen LogP contribution in [0.15, 0.2) is 52.1 Å². The van der Waals surface area contributed by atoms with E-state index in [1.54, 1.807) is 25.3 Å². The number of hydrogen-bond donors (Lipinski definition) is 3. The number of halogens is 1. The summed E-state index contributed by atoms with van der Waals surface area (Å²) < 4.78 is 5.30. The summed E-state index contributed by atoms with van der Waals surface area (Å²) in [5, 5.41) is 17.1. The number of rotatable bonds is 9. The predicted molar refractivity (Wildman–Crippen MR) is 127 cm³/mol. The van der Waals surface area contributed by atoms with E-state index in [2.05, 4.69) is 44.8 Å². The first-order valence-electron chi connectivity index (χ1n) is 9.47. The van der Waals surface area contributed by atoms with Gasteiger partial charge >= 0.3 is 0 Å². The third-order valence-corrected chi connectivity index (χ3v) is 4.33. The monoisotopic (exact) mass is 500 g/mol. The summed E-state index contributed by atoms with van der Waals surface area (Å²) in [7, 11) is 4.09. The minimum atomic E-state index is -1.12. The summed E-state index contributed by atoms with van der Waals surface area (Å²) in [5.74, 6) is 1.22. The zero-order chi connectivity index (χ0) is 19.7. The summed E-state index contributed by atoms with van der Waals surface area (Å²) >= 11 is 0. The van der Waals surface area contributed by atoms with Gasteiger partial charge in [0.15, 0.2) is 5.96 Å². The van der Waals surface area contributed by atoms with E-state index in [0.717, 1.165) is 25.9 Å². The molecule has 1 unspecified atom stereocenters. The highest BCUT2D eigenvalue weighted by Gasteiger charge is 2.25. The lowest BCUT2D eigenvalue weighted by Gasteiger charge is -2.19. The molecule has 1 aromatic heterocycles. The van der Waals surface area contributed by atoms with Crippen LogP contribution < -0.4 is 15.5 Å². The number of nitrogens with one attached hydrogen (secondary N) is 2. The first-order chi connectivity index (χ1) is 12.9. The van der Waals surface area contributed by atoms with Crippen molar-refractivity contribution in [1.29, 1.82) is 0 Å². The van der Waals surface area contributed by atoms with Gasteiger partial charge < -0.3 is 25.1 Å². The quantitative estimate of drug-likeness (QED) is 0.213. The highest BCUT2D eigenvalue weighted by atomic mass is 127. The zero-order valence-corrected chi connectivity index (χ0v) is 19.6. The molecule has 1 atom stereocenters. The standard InChI is InChI=1S/C21H32N4O2.HI/c1-5-22-20(24-16-21(2,26)19-9-7-15-27-19)23-14-6-8-17-10-12-18(13-11-17)25(3)4;/h7,9-13,15,26H,5-6,8,14,16H2,1-4H3,(H2,22,23,24);1H. The Bertz CT molecular complexity index is 698. The third kappa shape index (κ3) is 7.71. The molecule has 156 valence electrons. The van der Waals surface area contributed by atoms with Crippen LogP contribution in [-0.2, 0) is 12.0 Å². The molecule has 28 heavy (non-hydrogen) atoms. The molecule has 0 radical (unpaired) electrons. The molecule has 2 rings (SSSR count). The molecule has 2 aromatic rings. The van der Waals surface area contributed by atoms with Crippen LogP contribution in [-0.4, -0.2) is 44.8 Å². The number of nitrogens with zero attached hydrogens (tertiary/aromatic N) is 2. The van der Waals surface area contributed by atoms with Gasteiger partial charge in [-0.3, -0.25) is 0 Å². The van der Waals surface area contributed by atoms with Crippen LogP contribution in [0, 0.1) is 0 Å². The molecule has 6 nitrogen and oxygen atoms in total. The van der Waals surface area contributed by atoms with Crippen molar-refractivity contribution >= 4 is 35.6 Å². The van der Waals surface area contributed by atoms with Gasteiger partial charge in [0.05, 0.1) is 12.8 Å². The summed E-state index contributed by atoms with van der Waals surface area (Å²) in [5.41, 5.74) is 1.41. The second-order valence-electron chi connectivity index (χ2n) is 7.04. The lowest BCUT2D eigenvalue weighted by Crippen LogP contribution is -2.39. The fraction of sp³-hybridized carbons (Fsp3) is 0.476. The first-order valence-corrected chi connectivity index (χ1v) is 9.47. The van der Waals surface area contributed by atoms with Crippen molar-refractivity contribution in [3.63, 3.8) is 0 Å². The van der Waals surface area contributed by atoms with Crippen LogP contribution in [0.25, 0.3) is 0 Å². The summed E-state index contributed by atoms with van der Waals surface area (Å²) in [6, 6.07) is 12.2. The van der Waals surface area contributed by atoms with Gasteiger partial charge in [-0.25, -0.2) is 4.99 Å². The maximum absolute atomic E-state index is 10.5. The Kier molecular flexibility index (Phi) is 10.4. The molecule has 0 bridgehead atoms. The van der Waals surface area contributed by atoms with Crippen molar-refractivity contribution in [1.82, 2.24) is 10.6 Å². The molecular formula is C21H33IN4O2. The summed E-state index contributed by atoms with van der Waals surface area (Å²) in [4.78, 5) is 6.59. The van der Waals surface area contributed by atoms with E-state index < -0.39 is 5.60 Å². The number of hydrogen-bond acceptors (Lipinski definition) is 4. The third-order valence-electron chi connectivity index (χ3n) is 4.33. The average molecular weight is 500 g/mol. The van der Waals surface area contributed by atoms with Crippen molar-refractivity contribution in [2.75, 3.05) is 38.6 Å². The van der Waals surface area contributed by atoms with Gasteiger partial charge in [-0.2, -0.15) is 0 Å². The Balaban J connectivity index is 0.00000392. The largest absolute Gasteiger partial charge is 0.466 e. The van der Waals surface area contributed by atoms with Gasteiger partial charge in [0.25, 0.3) is 0 Å². The number of aryl methyl sites for hydroxylation is 1. The topological polar surface area (TPSA) is 73.0 Å². The molecule has 3 N–H and O–H groups in total. The van der Waals surface area contributed by atoms with Crippen molar-refractivity contribution < 1.29 is 9.52 Å². The lowest BCUT2D eigenvalue weighted by atomic mass is 10.0. The van der Waals surface area contributed by atoms with Crippen molar-refractivity contribution in [2.24, 2.45) is 4.99 Å². The summed E-state index contributed by atoms with van der Waals surface area (Å²) in [6.07, 6.45) is 3.56. The van der Waals surface area contributed by atoms with Gasteiger partial charge in [-0.05, 0) is 56.5 Å². The molecule has 0 fully saturated rings. The smallest absolute Gasteiger partial charge is 0.191 e. The maximum Gasteiger partial charge on any atom is 0.191 e. The number of anilines is 1. The van der Waals surface area contributed by atoms with Gasteiger partial charge in [0.1, 0.15) is 11.4 Å². The molecule has 0 amide bonds. The van der Waals surface area contributed by atoms with Crippen LogP contribution >= 0.6 is 24.0 Å². The van der Waals surface area contributed by atoms with Crippen LogP contribution in [0.4, 0.5) is 5.69 Å². The molecule has 1 aromatic carbocycles. The van der Waals surface area contributed by atoms with Gasteiger partial charge in [0.2, 0.25) is 0 Å². The Morgan fingerprint density at radius 3 is 2.46 bits per heavy atom. The molecule has 0 saturated heterocycles. The lowest BCUT2D eigenvalue weighted by molar-refractivity contribution is 0.0437. The molecule has 0 spiro atoms. The average Bonchev–Trinajstić information content (AvgIpc) is 3.19. The fourth-order valence-electron chi connectivity index (χ4n) is 2.70. The second kappa shape index (κ2) is 12.0. The van der Waals surface area contributed by atoms with E-state index in [4.69, 9.17) is 4.42 Å². The zero-order valence-electron chi connectivity index (χ0n) is 17.2. The molecule has 0 saturated carbocycles. The van der Waals surface area contributed by atoms with Gasteiger partial charge in [-0.15, -0.1) is 24.0 Å². The van der Waals surface area contributed by atoms with E-state index in [9.17, 15) is 5.11 Å². The van der Waals surface area contributed by atoms with Crippen LogP contribution in [0.1, 0.15) is 31.6 Å². The number of aliphatic imine (C=N–C) groups is 1. The fourth-order valence-corrected chi connectivity index (χ4v) is 2.70. The van der Waals surface area contributed by atoms with Crippen molar-refractivity contribution in [3.05, 3.63) is 54.0 Å². The van der Waals surface area contributed by atoms with E-state index in [1.165, 1.54) is 11.3 Å². The second-order valence-corrected chi connectivity index (χ2v) is 7.04. The van der Waals surface area contributed by atoms with Crippen LogP contribution in [0.3, 0.4) is 0 Å². The number of benzene rings is 1. The SMILES string of the molecule is CCNC(=NCC(C)(O)c1ccco1)NCCCc1ccc(N(C)C)cc1.I. The maximum atomic E-state index is 10.5. The molecule has 1 heterocycles. The molecule has 0 aliphatic rings. The number of aliphatic hydroxyl groups is 1.